The molecule has 0 aromatic carbocycles. The molecule has 0 bridgehead atoms. The molecule has 20 heavy (non-hydrogen) atoms. The van der Waals surface area contributed by atoms with Crippen LogP contribution in [0.15, 0.2) is 18.3 Å². The van der Waals surface area contributed by atoms with Crippen LogP contribution in [0.25, 0.3) is 0 Å². The maximum atomic E-state index is 13.1. The first kappa shape index (κ1) is 14.8. The van der Waals surface area contributed by atoms with E-state index in [0.717, 1.165) is 5.69 Å². The number of carbonyl (C=O) groups excluding carboxylic acids is 1. The van der Waals surface area contributed by atoms with Crippen LogP contribution in [0.3, 0.4) is 0 Å². The largest absolute Gasteiger partial charge is 0.404 e. The van der Waals surface area contributed by atoms with Gasteiger partial charge in [0.1, 0.15) is 0 Å². The van der Waals surface area contributed by atoms with Gasteiger partial charge in [0.2, 0.25) is 5.91 Å². The van der Waals surface area contributed by atoms with E-state index in [0.29, 0.717) is 5.56 Å². The molecule has 0 saturated carbocycles. The van der Waals surface area contributed by atoms with Gasteiger partial charge in [0.05, 0.1) is 0 Å². The van der Waals surface area contributed by atoms with Gasteiger partial charge in [0, 0.05) is 25.0 Å². The third kappa shape index (κ3) is 2.77. The standard InChI is InChI=1S/C13H16F3N3O/c1-9-2-3-10(6-18-9)7-19-11(20)12(13(14,15)16)4-5-17-8-12/h2-3,6,17H,4-5,7-8H2,1H3,(H,19,20). The maximum Gasteiger partial charge on any atom is 0.404 e. The van der Waals surface area contributed by atoms with E-state index in [9.17, 15) is 18.0 Å². The van der Waals surface area contributed by atoms with Gasteiger partial charge in [-0.05, 0) is 31.5 Å². The Morgan fingerprint density at radius 1 is 1.50 bits per heavy atom. The number of nitrogens with one attached hydrogen (secondary N) is 2. The summed E-state index contributed by atoms with van der Waals surface area (Å²) in [6.07, 6.45) is -3.23. The van der Waals surface area contributed by atoms with Crippen LogP contribution < -0.4 is 10.6 Å². The first-order valence-electron chi connectivity index (χ1n) is 6.32. The number of pyridine rings is 1. The molecule has 4 nitrogen and oxygen atoms in total. The lowest BCUT2D eigenvalue weighted by molar-refractivity contribution is -0.216. The van der Waals surface area contributed by atoms with E-state index in [1.807, 2.05) is 6.92 Å². The molecular weight excluding hydrogens is 271 g/mol. The highest BCUT2D eigenvalue weighted by molar-refractivity contribution is 5.84. The van der Waals surface area contributed by atoms with Crippen molar-refractivity contribution >= 4 is 5.91 Å². The second kappa shape index (κ2) is 5.40. The van der Waals surface area contributed by atoms with Crippen molar-refractivity contribution in [1.29, 1.82) is 0 Å². The molecule has 0 spiro atoms. The van der Waals surface area contributed by atoms with Crippen molar-refractivity contribution in [1.82, 2.24) is 15.6 Å². The minimum atomic E-state index is -4.55. The number of nitrogens with zero attached hydrogens (tertiary/aromatic N) is 1. The van der Waals surface area contributed by atoms with Crippen molar-refractivity contribution in [2.24, 2.45) is 5.41 Å². The van der Waals surface area contributed by atoms with E-state index < -0.39 is 17.5 Å². The average molecular weight is 287 g/mol. The minimum absolute atomic E-state index is 0.0456. The summed E-state index contributed by atoms with van der Waals surface area (Å²) in [6, 6.07) is 3.48. The highest BCUT2D eigenvalue weighted by Gasteiger charge is 2.61. The first-order chi connectivity index (χ1) is 9.35. The molecule has 1 atom stereocenters. The Labute approximate surface area is 114 Å². The van der Waals surface area contributed by atoms with Gasteiger partial charge in [0.15, 0.2) is 5.41 Å². The Kier molecular flexibility index (Phi) is 3.99. The zero-order valence-corrected chi connectivity index (χ0v) is 11.0. The lowest BCUT2D eigenvalue weighted by Crippen LogP contribution is -2.52. The second-order valence-electron chi connectivity index (χ2n) is 5.00. The number of alkyl halides is 3. The van der Waals surface area contributed by atoms with Gasteiger partial charge in [-0.1, -0.05) is 6.07 Å². The Balaban J connectivity index is 2.05. The molecule has 1 aliphatic rings. The number of aryl methyl sites for hydroxylation is 1. The number of carbonyl (C=O) groups is 1. The number of rotatable bonds is 3. The minimum Gasteiger partial charge on any atom is -0.351 e. The summed E-state index contributed by atoms with van der Waals surface area (Å²) in [4.78, 5) is 16.0. The Hall–Kier alpha value is -1.63. The fourth-order valence-electron chi connectivity index (χ4n) is 2.21. The predicted octanol–water partition coefficient (Wildman–Crippen LogP) is 1.55. The molecule has 1 aromatic rings. The van der Waals surface area contributed by atoms with Crippen LogP contribution in [-0.4, -0.2) is 30.2 Å². The Morgan fingerprint density at radius 2 is 2.25 bits per heavy atom. The van der Waals surface area contributed by atoms with Gasteiger partial charge in [-0.15, -0.1) is 0 Å². The zero-order valence-electron chi connectivity index (χ0n) is 11.0. The van der Waals surface area contributed by atoms with Crippen LogP contribution in [0.5, 0.6) is 0 Å². The van der Waals surface area contributed by atoms with Crippen molar-refractivity contribution < 1.29 is 18.0 Å². The highest BCUT2D eigenvalue weighted by Crippen LogP contribution is 2.43. The van der Waals surface area contributed by atoms with E-state index in [4.69, 9.17) is 0 Å². The van der Waals surface area contributed by atoms with Crippen LogP contribution in [0.4, 0.5) is 13.2 Å². The van der Waals surface area contributed by atoms with E-state index in [2.05, 4.69) is 15.6 Å². The number of aromatic nitrogens is 1. The molecule has 1 aliphatic heterocycles. The van der Waals surface area contributed by atoms with Gasteiger partial charge in [-0.2, -0.15) is 13.2 Å². The molecule has 0 radical (unpaired) electrons. The monoisotopic (exact) mass is 287 g/mol. The number of hydrogen-bond donors (Lipinski definition) is 2. The number of amides is 1. The molecule has 0 aliphatic carbocycles. The fourth-order valence-corrected chi connectivity index (χ4v) is 2.21. The topological polar surface area (TPSA) is 54.0 Å². The third-order valence-electron chi connectivity index (χ3n) is 3.56. The van der Waals surface area contributed by atoms with E-state index in [1.165, 1.54) is 0 Å². The molecular formula is C13H16F3N3O. The number of halogens is 3. The van der Waals surface area contributed by atoms with Crippen LogP contribution in [0.2, 0.25) is 0 Å². The summed E-state index contributed by atoms with van der Waals surface area (Å²) >= 11 is 0. The molecule has 110 valence electrons. The molecule has 2 heterocycles. The van der Waals surface area contributed by atoms with Crippen molar-refractivity contribution in [3.05, 3.63) is 29.6 Å². The summed E-state index contributed by atoms with van der Waals surface area (Å²) in [6.45, 7) is 1.68. The smallest absolute Gasteiger partial charge is 0.351 e. The van der Waals surface area contributed by atoms with E-state index >= 15 is 0 Å². The van der Waals surface area contributed by atoms with Crippen molar-refractivity contribution in [3.8, 4) is 0 Å². The van der Waals surface area contributed by atoms with Gasteiger partial charge in [-0.25, -0.2) is 0 Å². The van der Waals surface area contributed by atoms with Crippen molar-refractivity contribution in [2.75, 3.05) is 13.1 Å². The summed E-state index contributed by atoms with van der Waals surface area (Å²) in [5, 5.41) is 4.98. The van der Waals surface area contributed by atoms with E-state index in [1.54, 1.807) is 18.3 Å². The molecule has 7 heteroatoms. The summed E-state index contributed by atoms with van der Waals surface area (Å²) in [7, 11) is 0. The fraction of sp³-hybridized carbons (Fsp3) is 0.538. The zero-order chi connectivity index (χ0) is 14.8. The Morgan fingerprint density at radius 3 is 2.75 bits per heavy atom. The summed E-state index contributed by atoms with van der Waals surface area (Å²) in [5.74, 6) is -0.976. The second-order valence-corrected chi connectivity index (χ2v) is 5.00. The summed E-state index contributed by atoms with van der Waals surface area (Å²) < 4.78 is 39.4. The molecule has 1 saturated heterocycles. The van der Waals surface area contributed by atoms with Gasteiger partial charge in [-0.3, -0.25) is 9.78 Å². The maximum absolute atomic E-state index is 13.1. The van der Waals surface area contributed by atoms with E-state index in [-0.39, 0.29) is 26.1 Å². The molecule has 1 aromatic heterocycles. The first-order valence-corrected chi connectivity index (χ1v) is 6.32. The third-order valence-corrected chi connectivity index (χ3v) is 3.56. The predicted molar refractivity (Wildman–Crippen MR) is 66.8 cm³/mol. The SMILES string of the molecule is Cc1ccc(CNC(=O)C2(C(F)(F)F)CCNC2)cn1. The quantitative estimate of drug-likeness (QED) is 0.887. The lowest BCUT2D eigenvalue weighted by atomic mass is 9.85. The van der Waals surface area contributed by atoms with Crippen LogP contribution in [0.1, 0.15) is 17.7 Å². The van der Waals surface area contributed by atoms with Crippen LogP contribution in [-0.2, 0) is 11.3 Å². The van der Waals surface area contributed by atoms with Gasteiger partial charge >= 0.3 is 6.18 Å². The molecule has 1 amide bonds. The molecule has 2 N–H and O–H groups in total. The van der Waals surface area contributed by atoms with Gasteiger partial charge < -0.3 is 10.6 Å². The molecule has 1 unspecified atom stereocenters. The normalized spacial score (nSPS) is 22.8. The molecule has 1 fully saturated rings. The average Bonchev–Trinajstić information content (AvgIpc) is 2.88. The van der Waals surface area contributed by atoms with Crippen LogP contribution >= 0.6 is 0 Å². The van der Waals surface area contributed by atoms with Crippen molar-refractivity contribution in [3.63, 3.8) is 0 Å². The molecule has 2 rings (SSSR count). The van der Waals surface area contributed by atoms with Crippen LogP contribution in [0, 0.1) is 12.3 Å². The number of hydrogen-bond acceptors (Lipinski definition) is 3. The van der Waals surface area contributed by atoms with Gasteiger partial charge in [0.25, 0.3) is 0 Å². The highest BCUT2D eigenvalue weighted by atomic mass is 19.4. The summed E-state index contributed by atoms with van der Waals surface area (Å²) in [5.41, 5.74) is -0.829. The Bertz CT molecular complexity index is 479. The lowest BCUT2D eigenvalue weighted by Gasteiger charge is -2.29. The van der Waals surface area contributed by atoms with Crippen molar-refractivity contribution in [2.45, 2.75) is 26.1 Å².